The van der Waals surface area contributed by atoms with Crippen LogP contribution in [0.4, 0.5) is 5.13 Å². The highest BCUT2D eigenvalue weighted by Crippen LogP contribution is 2.49. The number of hydrogen-bond acceptors (Lipinski definition) is 3. The van der Waals surface area contributed by atoms with E-state index in [2.05, 4.69) is 22.4 Å². The van der Waals surface area contributed by atoms with Crippen LogP contribution in [-0.2, 0) is 11.2 Å². The third-order valence-corrected chi connectivity index (χ3v) is 6.27. The Hall–Kier alpha value is -1.68. The fraction of sp³-hybridized carbons (Fsp3) is 0.474. The summed E-state index contributed by atoms with van der Waals surface area (Å²) in [5.74, 6) is 2.45. The monoisotopic (exact) mass is 326 g/mol. The van der Waals surface area contributed by atoms with E-state index in [9.17, 15) is 4.79 Å². The second-order valence-corrected chi connectivity index (χ2v) is 8.10. The molecule has 1 N–H and O–H groups in total. The topological polar surface area (TPSA) is 42.0 Å². The van der Waals surface area contributed by atoms with Gasteiger partial charge in [-0.05, 0) is 42.6 Å². The molecule has 2 bridgehead atoms. The van der Waals surface area contributed by atoms with Gasteiger partial charge in [0, 0.05) is 23.9 Å². The Morgan fingerprint density at radius 2 is 2.09 bits per heavy atom. The van der Waals surface area contributed by atoms with E-state index in [1.54, 1.807) is 11.3 Å². The summed E-state index contributed by atoms with van der Waals surface area (Å²) in [5.41, 5.74) is 1.27. The largest absolute Gasteiger partial charge is 0.302 e. The molecule has 2 aromatic rings. The van der Waals surface area contributed by atoms with Gasteiger partial charge in [0.05, 0.1) is 0 Å². The normalized spacial score (nSPS) is 25.7. The van der Waals surface area contributed by atoms with Gasteiger partial charge in [-0.25, -0.2) is 4.98 Å². The third kappa shape index (κ3) is 3.47. The van der Waals surface area contributed by atoms with Crippen LogP contribution < -0.4 is 5.32 Å². The molecule has 0 radical (unpaired) electrons. The zero-order valence-electron chi connectivity index (χ0n) is 13.2. The number of hydrogen-bond donors (Lipinski definition) is 1. The van der Waals surface area contributed by atoms with Crippen molar-refractivity contribution >= 4 is 22.4 Å². The van der Waals surface area contributed by atoms with E-state index in [1.165, 1.54) is 36.1 Å². The number of rotatable bonds is 5. The van der Waals surface area contributed by atoms with E-state index in [1.807, 2.05) is 24.4 Å². The Balaban J connectivity index is 1.31. The van der Waals surface area contributed by atoms with Crippen molar-refractivity contribution in [2.24, 2.45) is 17.8 Å². The fourth-order valence-electron chi connectivity index (χ4n) is 4.28. The van der Waals surface area contributed by atoms with Crippen LogP contribution in [-0.4, -0.2) is 10.9 Å². The van der Waals surface area contributed by atoms with Gasteiger partial charge in [-0.15, -0.1) is 11.3 Å². The Morgan fingerprint density at radius 1 is 1.22 bits per heavy atom. The molecule has 1 aromatic carbocycles. The lowest BCUT2D eigenvalue weighted by Crippen LogP contribution is -2.20. The van der Waals surface area contributed by atoms with Crippen molar-refractivity contribution < 1.29 is 4.79 Å². The molecule has 2 aliphatic rings. The van der Waals surface area contributed by atoms with Gasteiger partial charge >= 0.3 is 0 Å². The lowest BCUT2D eigenvalue weighted by atomic mass is 9.86. The minimum absolute atomic E-state index is 0.142. The molecule has 3 nitrogen and oxygen atoms in total. The predicted molar refractivity (Wildman–Crippen MR) is 93.5 cm³/mol. The first-order chi connectivity index (χ1) is 11.3. The molecule has 1 amide bonds. The first-order valence-corrected chi connectivity index (χ1v) is 9.36. The Kier molecular flexibility index (Phi) is 4.17. The van der Waals surface area contributed by atoms with Crippen molar-refractivity contribution in [3.8, 4) is 0 Å². The number of nitrogens with one attached hydrogen (secondary N) is 1. The second-order valence-electron chi connectivity index (χ2n) is 6.98. The highest BCUT2D eigenvalue weighted by atomic mass is 32.1. The van der Waals surface area contributed by atoms with Gasteiger partial charge in [0.1, 0.15) is 0 Å². The van der Waals surface area contributed by atoms with E-state index in [-0.39, 0.29) is 5.91 Å². The van der Waals surface area contributed by atoms with Crippen LogP contribution in [0.15, 0.2) is 36.5 Å². The van der Waals surface area contributed by atoms with Crippen molar-refractivity contribution in [2.75, 3.05) is 5.32 Å². The van der Waals surface area contributed by atoms with Crippen molar-refractivity contribution in [2.45, 2.75) is 38.5 Å². The number of carbonyl (C=O) groups excluding carboxylic acids is 1. The van der Waals surface area contributed by atoms with E-state index in [0.29, 0.717) is 12.3 Å². The smallest absolute Gasteiger partial charge is 0.226 e. The van der Waals surface area contributed by atoms with Gasteiger partial charge in [0.15, 0.2) is 5.13 Å². The van der Waals surface area contributed by atoms with E-state index in [4.69, 9.17) is 0 Å². The number of carbonyl (C=O) groups is 1. The number of anilines is 1. The maximum Gasteiger partial charge on any atom is 0.226 e. The van der Waals surface area contributed by atoms with Crippen LogP contribution >= 0.6 is 11.3 Å². The number of nitrogens with zero attached hydrogens (tertiary/aromatic N) is 1. The van der Waals surface area contributed by atoms with Crippen molar-refractivity contribution in [3.05, 3.63) is 47.0 Å². The zero-order valence-corrected chi connectivity index (χ0v) is 14.0. The molecule has 4 heteroatoms. The van der Waals surface area contributed by atoms with Gasteiger partial charge in [-0.3, -0.25) is 4.79 Å². The first-order valence-electron chi connectivity index (χ1n) is 8.55. The highest BCUT2D eigenvalue weighted by molar-refractivity contribution is 7.15. The Bertz CT molecular complexity index is 682. The number of amides is 1. The Morgan fingerprint density at radius 3 is 2.83 bits per heavy atom. The van der Waals surface area contributed by atoms with Crippen LogP contribution in [0.3, 0.4) is 0 Å². The lowest BCUT2D eigenvalue weighted by molar-refractivity contribution is -0.117. The second kappa shape index (κ2) is 6.44. The molecule has 2 saturated carbocycles. The van der Waals surface area contributed by atoms with Crippen molar-refractivity contribution in [1.29, 1.82) is 0 Å². The van der Waals surface area contributed by atoms with Crippen molar-refractivity contribution in [1.82, 2.24) is 4.98 Å². The van der Waals surface area contributed by atoms with Gasteiger partial charge in [0.2, 0.25) is 5.91 Å². The lowest BCUT2D eigenvalue weighted by Gasteiger charge is -2.20. The quantitative estimate of drug-likeness (QED) is 0.879. The van der Waals surface area contributed by atoms with Crippen LogP contribution in [0.1, 0.15) is 42.5 Å². The fourth-order valence-corrected chi connectivity index (χ4v) is 5.14. The SMILES string of the molecule is O=C(CC1CC2CCC1C2)Nc1ncc(Cc2ccccc2)s1. The minimum Gasteiger partial charge on any atom is -0.302 e. The number of thiazole rings is 1. The molecule has 1 heterocycles. The first kappa shape index (κ1) is 14.9. The summed E-state index contributed by atoms with van der Waals surface area (Å²) in [5, 5.41) is 3.74. The van der Waals surface area contributed by atoms with Crippen LogP contribution in [0.25, 0.3) is 0 Å². The molecule has 3 unspecified atom stereocenters. The summed E-state index contributed by atoms with van der Waals surface area (Å²) in [6.07, 6.45) is 8.77. The average molecular weight is 326 g/mol. The molecular weight excluding hydrogens is 304 g/mol. The van der Waals surface area contributed by atoms with E-state index in [0.717, 1.165) is 23.4 Å². The van der Waals surface area contributed by atoms with Crippen LogP contribution in [0.2, 0.25) is 0 Å². The summed E-state index contributed by atoms with van der Waals surface area (Å²) in [6.45, 7) is 0. The maximum atomic E-state index is 12.3. The molecular formula is C19H22N2OS. The van der Waals surface area contributed by atoms with Gasteiger partial charge in [0.25, 0.3) is 0 Å². The molecule has 2 fully saturated rings. The molecule has 1 aromatic heterocycles. The van der Waals surface area contributed by atoms with Gasteiger partial charge in [-0.2, -0.15) is 0 Å². The summed E-state index contributed by atoms with van der Waals surface area (Å²) >= 11 is 1.59. The third-order valence-electron chi connectivity index (χ3n) is 5.35. The number of fused-ring (bicyclic) bond motifs is 2. The molecule has 4 rings (SSSR count). The molecule has 3 atom stereocenters. The van der Waals surface area contributed by atoms with Crippen LogP contribution in [0.5, 0.6) is 0 Å². The standard InChI is InChI=1S/C19H22N2OS/c22-18(11-16-9-14-6-7-15(16)8-14)21-19-20-12-17(23-19)10-13-4-2-1-3-5-13/h1-5,12,14-16H,6-11H2,(H,20,21,22). The molecule has 23 heavy (non-hydrogen) atoms. The predicted octanol–water partition coefficient (Wildman–Crippen LogP) is 4.50. The van der Waals surface area contributed by atoms with Gasteiger partial charge in [-0.1, -0.05) is 36.8 Å². The summed E-state index contributed by atoms with van der Waals surface area (Å²) in [7, 11) is 0. The summed E-state index contributed by atoms with van der Waals surface area (Å²) < 4.78 is 0. The van der Waals surface area contributed by atoms with Crippen molar-refractivity contribution in [3.63, 3.8) is 0 Å². The number of aromatic nitrogens is 1. The van der Waals surface area contributed by atoms with E-state index >= 15 is 0 Å². The van der Waals surface area contributed by atoms with Gasteiger partial charge < -0.3 is 5.32 Å². The molecule has 0 saturated heterocycles. The highest BCUT2D eigenvalue weighted by Gasteiger charge is 2.40. The molecule has 120 valence electrons. The molecule has 0 spiro atoms. The zero-order chi connectivity index (χ0) is 15.6. The number of benzene rings is 1. The molecule has 2 aliphatic carbocycles. The maximum absolute atomic E-state index is 12.3. The molecule has 0 aliphatic heterocycles. The average Bonchev–Trinajstić information content (AvgIpc) is 3.26. The summed E-state index contributed by atoms with van der Waals surface area (Å²) in [4.78, 5) is 17.8. The van der Waals surface area contributed by atoms with E-state index < -0.39 is 0 Å². The minimum atomic E-state index is 0.142. The van der Waals surface area contributed by atoms with Crippen LogP contribution in [0, 0.1) is 17.8 Å². The Labute approximate surface area is 141 Å². The summed E-state index contributed by atoms with van der Waals surface area (Å²) in [6, 6.07) is 10.4.